The second kappa shape index (κ2) is 8.04. The molecular formula is C22H22N8O. The van der Waals surface area contributed by atoms with Crippen molar-refractivity contribution in [3.63, 3.8) is 0 Å². The third kappa shape index (κ3) is 3.55. The minimum Gasteiger partial charge on any atom is -0.291 e. The average molecular weight is 414 g/mol. The Kier molecular flexibility index (Phi) is 4.93. The van der Waals surface area contributed by atoms with Crippen molar-refractivity contribution in [2.45, 2.75) is 26.2 Å². The summed E-state index contributed by atoms with van der Waals surface area (Å²) in [5.74, 6) is 1.22. The number of amidine groups is 1. The van der Waals surface area contributed by atoms with Crippen molar-refractivity contribution in [3.8, 4) is 11.1 Å². The molecule has 0 unspecified atom stereocenters. The van der Waals surface area contributed by atoms with Gasteiger partial charge in [-0.15, -0.1) is 10.6 Å². The molecule has 4 N–H and O–H groups in total. The Morgan fingerprint density at radius 1 is 1.03 bits per heavy atom. The molecule has 156 valence electrons. The van der Waals surface area contributed by atoms with Gasteiger partial charge in [0.2, 0.25) is 5.78 Å². The van der Waals surface area contributed by atoms with E-state index >= 15 is 0 Å². The Hall–Kier alpha value is -3.98. The number of fused-ring (bicyclic) bond motifs is 1. The van der Waals surface area contributed by atoms with Gasteiger partial charge in [-0.2, -0.15) is 10.1 Å². The second-order valence-electron chi connectivity index (χ2n) is 7.37. The van der Waals surface area contributed by atoms with E-state index in [0.717, 1.165) is 52.2 Å². The Bertz CT molecular complexity index is 1320. The van der Waals surface area contributed by atoms with Crippen LogP contribution in [0.4, 0.5) is 0 Å². The van der Waals surface area contributed by atoms with Gasteiger partial charge in [0.05, 0.1) is 5.69 Å². The molecule has 1 aliphatic rings. The number of aryl methyl sites for hydroxylation is 1. The normalized spacial score (nSPS) is 13.1. The van der Waals surface area contributed by atoms with E-state index < -0.39 is 0 Å². The lowest BCUT2D eigenvalue weighted by atomic mass is 9.96. The molecule has 0 aliphatic carbocycles. The highest BCUT2D eigenvalue weighted by Crippen LogP contribution is 2.25. The molecule has 4 aromatic rings. The molecule has 2 aromatic heterocycles. The summed E-state index contributed by atoms with van der Waals surface area (Å²) < 4.78 is 1.74. The number of aromatic amines is 1. The molecule has 3 heterocycles. The lowest BCUT2D eigenvalue weighted by Gasteiger charge is -2.12. The van der Waals surface area contributed by atoms with Crippen LogP contribution in [0.15, 0.2) is 64.8 Å². The van der Waals surface area contributed by atoms with Gasteiger partial charge in [-0.1, -0.05) is 61.9 Å². The lowest BCUT2D eigenvalue weighted by Crippen LogP contribution is -2.35. The van der Waals surface area contributed by atoms with Gasteiger partial charge < -0.3 is 0 Å². The molecule has 0 atom stereocenters. The topological polar surface area (TPSA) is 112 Å². The van der Waals surface area contributed by atoms with Crippen molar-refractivity contribution in [1.82, 2.24) is 36.1 Å². The number of hydrogen-bond acceptors (Lipinski definition) is 7. The molecule has 1 aliphatic heterocycles. The zero-order valence-electron chi connectivity index (χ0n) is 17.0. The van der Waals surface area contributed by atoms with Gasteiger partial charge in [-0.05, 0) is 23.1 Å². The maximum atomic E-state index is 12.7. The third-order valence-electron chi connectivity index (χ3n) is 5.37. The summed E-state index contributed by atoms with van der Waals surface area (Å²) in [4.78, 5) is 19.7. The number of H-pyrrole nitrogens is 1. The SMILES string of the molecule is CCCc1c(Cc2ccc(-c3ccccc3C3=NNNN3)cc2)c(=O)[nH]c2ncnn12. The van der Waals surface area contributed by atoms with Crippen LogP contribution in [0.25, 0.3) is 16.9 Å². The first-order valence-corrected chi connectivity index (χ1v) is 10.2. The Morgan fingerprint density at radius 3 is 2.58 bits per heavy atom. The van der Waals surface area contributed by atoms with Crippen LogP contribution in [0.2, 0.25) is 0 Å². The standard InChI is InChI=1S/C22H22N8O/c1-2-5-19-18(21(31)25-22-23-13-24-30(19)22)12-14-8-10-15(11-9-14)16-6-3-4-7-17(16)20-26-28-29-27-20/h3-4,6-11,13,28-29H,2,5,12H2,1H3,(H,26,27)(H,23,24,25,31). The zero-order valence-corrected chi connectivity index (χ0v) is 17.0. The van der Waals surface area contributed by atoms with Crippen LogP contribution in [0.5, 0.6) is 0 Å². The highest BCUT2D eigenvalue weighted by atomic mass is 16.1. The third-order valence-corrected chi connectivity index (χ3v) is 5.37. The molecule has 0 amide bonds. The van der Waals surface area contributed by atoms with Gasteiger partial charge in [0.1, 0.15) is 6.33 Å². The maximum absolute atomic E-state index is 12.7. The van der Waals surface area contributed by atoms with Crippen LogP contribution in [0.3, 0.4) is 0 Å². The second-order valence-corrected chi connectivity index (χ2v) is 7.37. The first-order chi connectivity index (χ1) is 15.2. The molecule has 9 heteroatoms. The van der Waals surface area contributed by atoms with Crippen LogP contribution in [0.1, 0.15) is 35.7 Å². The van der Waals surface area contributed by atoms with Gasteiger partial charge in [0.15, 0.2) is 5.84 Å². The summed E-state index contributed by atoms with van der Waals surface area (Å²) in [6.07, 6.45) is 3.68. The van der Waals surface area contributed by atoms with E-state index in [9.17, 15) is 4.79 Å². The number of aromatic nitrogens is 4. The van der Waals surface area contributed by atoms with Crippen molar-refractivity contribution in [3.05, 3.63) is 87.6 Å². The molecule has 0 fully saturated rings. The van der Waals surface area contributed by atoms with Crippen molar-refractivity contribution in [2.75, 3.05) is 0 Å². The van der Waals surface area contributed by atoms with Gasteiger partial charge in [-0.3, -0.25) is 15.2 Å². The summed E-state index contributed by atoms with van der Waals surface area (Å²) in [6.45, 7) is 2.09. The van der Waals surface area contributed by atoms with Crippen molar-refractivity contribution >= 4 is 11.6 Å². The fraction of sp³-hybridized carbons (Fsp3) is 0.182. The molecule has 9 nitrogen and oxygen atoms in total. The van der Waals surface area contributed by atoms with Crippen LogP contribution < -0.4 is 22.1 Å². The number of hydrogen-bond donors (Lipinski definition) is 4. The van der Waals surface area contributed by atoms with E-state index in [1.165, 1.54) is 6.33 Å². The lowest BCUT2D eigenvalue weighted by molar-refractivity contribution is 0.577. The summed E-state index contributed by atoms with van der Waals surface area (Å²) in [7, 11) is 0. The van der Waals surface area contributed by atoms with Crippen molar-refractivity contribution in [2.24, 2.45) is 5.10 Å². The first-order valence-electron chi connectivity index (χ1n) is 10.2. The summed E-state index contributed by atoms with van der Waals surface area (Å²) in [5, 5.41) is 8.51. The molecule has 2 aromatic carbocycles. The average Bonchev–Trinajstić information content (AvgIpc) is 3.49. The smallest absolute Gasteiger partial charge is 0.256 e. The minimum atomic E-state index is -0.108. The largest absolute Gasteiger partial charge is 0.291 e. The molecule has 0 bridgehead atoms. The number of rotatable bonds is 6. The van der Waals surface area contributed by atoms with Gasteiger partial charge in [-0.25, -0.2) is 10.1 Å². The van der Waals surface area contributed by atoms with E-state index in [0.29, 0.717) is 12.2 Å². The van der Waals surface area contributed by atoms with E-state index in [2.05, 4.69) is 73.9 Å². The molecule has 0 spiro atoms. The van der Waals surface area contributed by atoms with Gasteiger partial charge in [0, 0.05) is 17.5 Å². The summed E-state index contributed by atoms with van der Waals surface area (Å²) in [5.41, 5.74) is 14.2. The van der Waals surface area contributed by atoms with E-state index in [1.807, 2.05) is 18.2 Å². The fourth-order valence-corrected chi connectivity index (χ4v) is 3.91. The highest BCUT2D eigenvalue weighted by molar-refractivity contribution is 6.04. The van der Waals surface area contributed by atoms with Crippen LogP contribution >= 0.6 is 0 Å². The molecular weight excluding hydrogens is 392 g/mol. The molecule has 5 rings (SSSR count). The monoisotopic (exact) mass is 414 g/mol. The minimum absolute atomic E-state index is 0.108. The number of nitrogens with zero attached hydrogens (tertiary/aromatic N) is 4. The van der Waals surface area contributed by atoms with Crippen LogP contribution in [-0.4, -0.2) is 25.4 Å². The summed E-state index contributed by atoms with van der Waals surface area (Å²) >= 11 is 0. The van der Waals surface area contributed by atoms with E-state index in [4.69, 9.17) is 0 Å². The molecule has 31 heavy (non-hydrogen) atoms. The Morgan fingerprint density at radius 2 is 1.84 bits per heavy atom. The number of nitrogens with one attached hydrogen (secondary N) is 4. The van der Waals surface area contributed by atoms with Crippen LogP contribution in [0, 0.1) is 0 Å². The number of benzene rings is 2. The number of hydrazine groups is 2. The van der Waals surface area contributed by atoms with Gasteiger partial charge in [0.25, 0.3) is 5.56 Å². The highest BCUT2D eigenvalue weighted by Gasteiger charge is 2.16. The van der Waals surface area contributed by atoms with Gasteiger partial charge >= 0.3 is 0 Å². The fourth-order valence-electron chi connectivity index (χ4n) is 3.91. The number of hydrazone groups is 1. The van der Waals surface area contributed by atoms with E-state index in [-0.39, 0.29) is 5.56 Å². The Labute approximate surface area is 178 Å². The van der Waals surface area contributed by atoms with E-state index in [1.54, 1.807) is 4.52 Å². The zero-order chi connectivity index (χ0) is 21.2. The Balaban J connectivity index is 1.48. The molecule has 0 saturated heterocycles. The van der Waals surface area contributed by atoms with Crippen LogP contribution in [-0.2, 0) is 12.8 Å². The van der Waals surface area contributed by atoms with Crippen molar-refractivity contribution < 1.29 is 0 Å². The quantitative estimate of drug-likeness (QED) is 0.384. The summed E-state index contributed by atoms with van der Waals surface area (Å²) in [6, 6.07) is 16.4. The first kappa shape index (κ1) is 19.0. The molecule has 0 saturated carbocycles. The predicted molar refractivity (Wildman–Crippen MR) is 118 cm³/mol. The maximum Gasteiger partial charge on any atom is 0.256 e. The molecule has 0 radical (unpaired) electrons. The predicted octanol–water partition coefficient (Wildman–Crippen LogP) is 1.90. The van der Waals surface area contributed by atoms with Crippen molar-refractivity contribution in [1.29, 1.82) is 0 Å².